The van der Waals surface area contributed by atoms with E-state index in [1.807, 2.05) is 6.92 Å². The minimum Gasteiger partial charge on any atom is -0.338 e. The molecule has 106 valence electrons. The molecule has 0 fully saturated rings. The zero-order chi connectivity index (χ0) is 14.7. The van der Waals surface area contributed by atoms with Crippen LogP contribution in [0.1, 0.15) is 19.2 Å². The van der Waals surface area contributed by atoms with Gasteiger partial charge in [-0.3, -0.25) is 0 Å². The summed E-state index contributed by atoms with van der Waals surface area (Å²) < 4.78 is 40.1. The summed E-state index contributed by atoms with van der Waals surface area (Å²) in [4.78, 5) is 8.33. The molecule has 0 aliphatic rings. The molecule has 0 atom stereocenters. The Bertz CT molecular complexity index is 634. The molecule has 0 saturated heterocycles. The van der Waals surface area contributed by atoms with Gasteiger partial charge >= 0.3 is 0 Å². The molecular weight excluding hydrogens is 335 g/mol. The van der Waals surface area contributed by atoms with Crippen LogP contribution in [0.2, 0.25) is 0 Å². The summed E-state index contributed by atoms with van der Waals surface area (Å²) in [7, 11) is 0. The van der Waals surface area contributed by atoms with Crippen LogP contribution in [-0.2, 0) is 6.42 Å². The summed E-state index contributed by atoms with van der Waals surface area (Å²) in [6.07, 6.45) is 1.52. The maximum absolute atomic E-state index is 13.6. The van der Waals surface area contributed by atoms with Gasteiger partial charge in [-0.1, -0.05) is 6.92 Å². The van der Waals surface area contributed by atoms with Crippen LogP contribution in [0.3, 0.4) is 0 Å². The average Bonchev–Trinajstić information content (AvgIpc) is 2.39. The predicted octanol–water partition coefficient (Wildman–Crippen LogP) is 4.35. The Hall–Kier alpha value is -1.63. The van der Waals surface area contributed by atoms with E-state index in [-0.39, 0.29) is 5.69 Å². The highest BCUT2D eigenvalue weighted by Crippen LogP contribution is 2.24. The highest BCUT2D eigenvalue weighted by Gasteiger charge is 2.14. The molecule has 0 radical (unpaired) electrons. The van der Waals surface area contributed by atoms with Crippen molar-refractivity contribution in [2.45, 2.75) is 19.8 Å². The molecule has 1 heterocycles. The number of aromatic nitrogens is 2. The van der Waals surface area contributed by atoms with Crippen molar-refractivity contribution in [3.8, 4) is 0 Å². The van der Waals surface area contributed by atoms with Gasteiger partial charge in [-0.15, -0.1) is 0 Å². The maximum atomic E-state index is 13.6. The van der Waals surface area contributed by atoms with Crippen LogP contribution in [0.5, 0.6) is 0 Å². The number of halogens is 4. The van der Waals surface area contributed by atoms with Crippen LogP contribution in [0.15, 0.2) is 22.8 Å². The second-order valence-electron chi connectivity index (χ2n) is 4.09. The van der Waals surface area contributed by atoms with E-state index in [1.165, 1.54) is 6.07 Å². The van der Waals surface area contributed by atoms with Gasteiger partial charge in [-0.2, -0.15) is 0 Å². The van der Waals surface area contributed by atoms with E-state index in [1.54, 1.807) is 0 Å². The molecule has 0 bridgehead atoms. The van der Waals surface area contributed by atoms with Gasteiger partial charge in [0.15, 0.2) is 17.5 Å². The zero-order valence-electron chi connectivity index (χ0n) is 10.6. The highest BCUT2D eigenvalue weighted by atomic mass is 79.9. The minimum absolute atomic E-state index is 0.183. The number of hydrogen-bond acceptors (Lipinski definition) is 3. The molecule has 0 aliphatic carbocycles. The number of rotatable bonds is 4. The van der Waals surface area contributed by atoms with Crippen molar-refractivity contribution in [1.29, 1.82) is 0 Å². The fourth-order valence-corrected chi connectivity index (χ4v) is 2.05. The Kier molecular flexibility index (Phi) is 4.59. The molecule has 0 unspecified atom stereocenters. The highest BCUT2D eigenvalue weighted by molar-refractivity contribution is 9.10. The summed E-state index contributed by atoms with van der Waals surface area (Å²) >= 11 is 3.22. The van der Waals surface area contributed by atoms with Crippen molar-refractivity contribution in [3.63, 3.8) is 0 Å². The fourth-order valence-electron chi connectivity index (χ4n) is 1.62. The van der Waals surface area contributed by atoms with Gasteiger partial charge in [-0.25, -0.2) is 23.1 Å². The third kappa shape index (κ3) is 3.27. The molecule has 2 rings (SSSR count). The first-order valence-electron chi connectivity index (χ1n) is 5.95. The van der Waals surface area contributed by atoms with Crippen LogP contribution >= 0.6 is 15.9 Å². The lowest BCUT2D eigenvalue weighted by molar-refractivity contribution is 0.449. The van der Waals surface area contributed by atoms with Crippen LogP contribution in [0, 0.1) is 17.5 Å². The van der Waals surface area contributed by atoms with Crippen molar-refractivity contribution in [2.75, 3.05) is 5.32 Å². The van der Waals surface area contributed by atoms with E-state index >= 15 is 0 Å². The van der Waals surface area contributed by atoms with Crippen molar-refractivity contribution in [2.24, 2.45) is 0 Å². The second kappa shape index (κ2) is 6.21. The van der Waals surface area contributed by atoms with Gasteiger partial charge in [0, 0.05) is 12.5 Å². The van der Waals surface area contributed by atoms with Crippen LogP contribution < -0.4 is 5.32 Å². The van der Waals surface area contributed by atoms with Gasteiger partial charge in [0.25, 0.3) is 0 Å². The molecule has 7 heteroatoms. The first-order chi connectivity index (χ1) is 9.51. The van der Waals surface area contributed by atoms with E-state index in [0.717, 1.165) is 18.6 Å². The summed E-state index contributed by atoms with van der Waals surface area (Å²) in [5.74, 6) is -3.15. The fraction of sp³-hybridized carbons (Fsp3) is 0.231. The Balaban J connectivity index is 2.32. The summed E-state index contributed by atoms with van der Waals surface area (Å²) in [5.41, 5.74) is -0.183. The first-order valence-corrected chi connectivity index (χ1v) is 6.74. The lowest BCUT2D eigenvalue weighted by Gasteiger charge is -2.09. The van der Waals surface area contributed by atoms with Gasteiger partial charge in [-0.05, 0) is 34.5 Å². The normalized spacial score (nSPS) is 10.7. The third-order valence-electron chi connectivity index (χ3n) is 2.51. The lowest BCUT2D eigenvalue weighted by atomic mass is 10.2. The third-order valence-corrected chi connectivity index (χ3v) is 2.92. The second-order valence-corrected chi connectivity index (χ2v) is 4.90. The Morgan fingerprint density at radius 2 is 1.90 bits per heavy atom. The maximum Gasteiger partial charge on any atom is 0.196 e. The van der Waals surface area contributed by atoms with Crippen molar-refractivity contribution >= 4 is 27.4 Å². The number of anilines is 2. The van der Waals surface area contributed by atoms with Crippen molar-refractivity contribution in [1.82, 2.24) is 9.97 Å². The van der Waals surface area contributed by atoms with Gasteiger partial charge < -0.3 is 5.32 Å². The standard InChI is InChI=1S/C13H11BrF3N3/c1-2-3-10-19-9(14)6-11(20-10)18-8-5-4-7(15)12(16)13(8)17/h4-6H,2-3H2,1H3,(H,18,19,20). The van der Waals surface area contributed by atoms with Gasteiger partial charge in [0.05, 0.1) is 5.69 Å². The molecular formula is C13H11BrF3N3. The lowest BCUT2D eigenvalue weighted by Crippen LogP contribution is -2.03. The van der Waals surface area contributed by atoms with E-state index in [9.17, 15) is 13.2 Å². The number of nitrogens with one attached hydrogen (secondary N) is 1. The first kappa shape index (κ1) is 14.8. The molecule has 0 spiro atoms. The number of hydrogen-bond donors (Lipinski definition) is 1. The molecule has 1 aromatic heterocycles. The Morgan fingerprint density at radius 3 is 2.60 bits per heavy atom. The SMILES string of the molecule is CCCc1nc(Br)cc(Nc2ccc(F)c(F)c2F)n1. The molecule has 0 amide bonds. The smallest absolute Gasteiger partial charge is 0.196 e. The van der Waals surface area contributed by atoms with Crippen molar-refractivity contribution < 1.29 is 13.2 Å². The number of nitrogens with zero attached hydrogens (tertiary/aromatic N) is 2. The van der Waals surface area contributed by atoms with Crippen LogP contribution in [0.25, 0.3) is 0 Å². The quantitative estimate of drug-likeness (QED) is 0.661. The van der Waals surface area contributed by atoms with E-state index in [0.29, 0.717) is 22.7 Å². The monoisotopic (exact) mass is 345 g/mol. The molecule has 2 aromatic rings. The number of aryl methyl sites for hydroxylation is 1. The van der Waals surface area contributed by atoms with Crippen LogP contribution in [-0.4, -0.2) is 9.97 Å². The topological polar surface area (TPSA) is 37.8 Å². The molecule has 1 aromatic carbocycles. The summed E-state index contributed by atoms with van der Waals surface area (Å²) in [6.45, 7) is 1.98. The molecule has 3 nitrogen and oxygen atoms in total. The van der Waals surface area contributed by atoms with E-state index in [2.05, 4.69) is 31.2 Å². The number of benzene rings is 1. The van der Waals surface area contributed by atoms with Gasteiger partial charge in [0.1, 0.15) is 16.2 Å². The predicted molar refractivity (Wildman–Crippen MR) is 73.3 cm³/mol. The minimum atomic E-state index is -1.52. The Morgan fingerprint density at radius 1 is 1.15 bits per heavy atom. The Labute approximate surface area is 122 Å². The summed E-state index contributed by atoms with van der Waals surface area (Å²) in [6, 6.07) is 3.49. The molecule has 20 heavy (non-hydrogen) atoms. The zero-order valence-corrected chi connectivity index (χ0v) is 12.1. The van der Waals surface area contributed by atoms with E-state index in [4.69, 9.17) is 0 Å². The van der Waals surface area contributed by atoms with Crippen LogP contribution in [0.4, 0.5) is 24.7 Å². The van der Waals surface area contributed by atoms with E-state index < -0.39 is 17.5 Å². The molecule has 0 saturated carbocycles. The molecule has 1 N–H and O–H groups in total. The molecule has 0 aliphatic heterocycles. The largest absolute Gasteiger partial charge is 0.338 e. The average molecular weight is 346 g/mol. The van der Waals surface area contributed by atoms with Gasteiger partial charge in [0.2, 0.25) is 0 Å². The van der Waals surface area contributed by atoms with Crippen molar-refractivity contribution in [3.05, 3.63) is 46.1 Å². The summed E-state index contributed by atoms with van der Waals surface area (Å²) in [5, 5.41) is 2.62.